The molecule has 1 saturated carbocycles. The molecule has 0 amide bonds. The van der Waals surface area contributed by atoms with Gasteiger partial charge in [0.05, 0.1) is 5.56 Å². The molecule has 1 aromatic carbocycles. The van der Waals surface area contributed by atoms with Crippen LogP contribution in [0.5, 0.6) is 0 Å². The molecule has 0 bridgehead atoms. The van der Waals surface area contributed by atoms with Gasteiger partial charge in [-0.3, -0.25) is 0 Å². The second-order valence-corrected chi connectivity index (χ2v) is 4.00. The summed E-state index contributed by atoms with van der Waals surface area (Å²) >= 11 is 0. The molecule has 0 heterocycles. The van der Waals surface area contributed by atoms with E-state index in [9.17, 15) is 4.79 Å². The van der Waals surface area contributed by atoms with Crippen molar-refractivity contribution in [2.75, 3.05) is 7.05 Å². The lowest BCUT2D eigenvalue weighted by atomic mass is 10.2. The minimum absolute atomic E-state index is 0.331. The van der Waals surface area contributed by atoms with Gasteiger partial charge in [-0.25, -0.2) is 4.79 Å². The number of hydrogen-bond acceptors (Lipinski definition) is 4. The molecule has 0 aliphatic heterocycles. The molecule has 5 nitrogen and oxygen atoms in total. The Hall–Kier alpha value is -1.43. The van der Waals surface area contributed by atoms with Crippen molar-refractivity contribution in [1.82, 2.24) is 0 Å². The second-order valence-electron chi connectivity index (χ2n) is 4.00. The van der Waals surface area contributed by atoms with Gasteiger partial charge in [-0.15, -0.1) is 0 Å². The fourth-order valence-corrected chi connectivity index (χ4v) is 1.63. The van der Waals surface area contributed by atoms with Gasteiger partial charge < -0.3 is 22.3 Å². The summed E-state index contributed by atoms with van der Waals surface area (Å²) in [7, 11) is 1.50. The standard InChI is InChI=1S/C7H6O2.C5H12N2.CH5N/c8-7(9)6-4-2-1-3-5-6;6-4-1-2-5(7)3-4;1-2/h1-5H,(H,8,9);4-5H,1-3,6-7H2;2H2,1H3/t;4-,5+;. The van der Waals surface area contributed by atoms with Crippen LogP contribution in [0.3, 0.4) is 0 Å². The van der Waals surface area contributed by atoms with Gasteiger partial charge in [0.2, 0.25) is 0 Å². The van der Waals surface area contributed by atoms with Crippen LogP contribution in [0, 0.1) is 0 Å². The second kappa shape index (κ2) is 9.58. The zero-order valence-electron chi connectivity index (χ0n) is 10.8. The van der Waals surface area contributed by atoms with Crippen molar-refractivity contribution < 1.29 is 9.90 Å². The third-order valence-electron chi connectivity index (χ3n) is 2.53. The van der Waals surface area contributed by atoms with Gasteiger partial charge in [-0.2, -0.15) is 0 Å². The Morgan fingerprint density at radius 3 is 1.78 bits per heavy atom. The average molecular weight is 253 g/mol. The quantitative estimate of drug-likeness (QED) is 0.590. The number of carbonyl (C=O) groups is 1. The van der Waals surface area contributed by atoms with Gasteiger partial charge in [0.1, 0.15) is 0 Å². The largest absolute Gasteiger partial charge is 0.478 e. The smallest absolute Gasteiger partial charge is 0.335 e. The van der Waals surface area contributed by atoms with Gasteiger partial charge >= 0.3 is 5.97 Å². The third-order valence-corrected chi connectivity index (χ3v) is 2.53. The molecule has 1 aliphatic rings. The molecule has 102 valence electrons. The Morgan fingerprint density at radius 1 is 1.11 bits per heavy atom. The van der Waals surface area contributed by atoms with E-state index in [2.05, 4.69) is 5.73 Å². The van der Waals surface area contributed by atoms with Crippen molar-refractivity contribution in [3.63, 3.8) is 0 Å². The first-order valence-corrected chi connectivity index (χ1v) is 5.97. The van der Waals surface area contributed by atoms with Crippen LogP contribution in [0.2, 0.25) is 0 Å². The van der Waals surface area contributed by atoms with Crippen molar-refractivity contribution >= 4 is 5.97 Å². The van der Waals surface area contributed by atoms with Crippen LogP contribution >= 0.6 is 0 Å². The van der Waals surface area contributed by atoms with E-state index >= 15 is 0 Å². The van der Waals surface area contributed by atoms with Crippen LogP contribution in [0.15, 0.2) is 30.3 Å². The molecule has 0 unspecified atom stereocenters. The van der Waals surface area contributed by atoms with E-state index in [0.29, 0.717) is 17.6 Å². The molecule has 2 atom stereocenters. The van der Waals surface area contributed by atoms with Gasteiger partial charge in [0.25, 0.3) is 0 Å². The summed E-state index contributed by atoms with van der Waals surface area (Å²) in [6, 6.07) is 9.09. The molecule has 18 heavy (non-hydrogen) atoms. The fourth-order valence-electron chi connectivity index (χ4n) is 1.63. The van der Waals surface area contributed by atoms with Crippen molar-refractivity contribution in [3.05, 3.63) is 35.9 Å². The van der Waals surface area contributed by atoms with Crippen LogP contribution < -0.4 is 17.2 Å². The van der Waals surface area contributed by atoms with Crippen molar-refractivity contribution in [1.29, 1.82) is 0 Å². The molecule has 1 aliphatic carbocycles. The maximum atomic E-state index is 10.2. The predicted molar refractivity (Wildman–Crippen MR) is 73.3 cm³/mol. The number of benzene rings is 1. The highest BCUT2D eigenvalue weighted by molar-refractivity contribution is 5.87. The Morgan fingerprint density at radius 2 is 1.56 bits per heavy atom. The van der Waals surface area contributed by atoms with Gasteiger partial charge in [0.15, 0.2) is 0 Å². The SMILES string of the molecule is CN.N[C@@H]1CC[C@H](N)C1.O=C(O)c1ccccc1. The minimum Gasteiger partial charge on any atom is -0.478 e. The van der Waals surface area contributed by atoms with Gasteiger partial charge in [-0.05, 0) is 38.4 Å². The predicted octanol–water partition coefficient (Wildman–Crippen LogP) is 0.785. The summed E-state index contributed by atoms with van der Waals surface area (Å²) in [5.74, 6) is -0.879. The monoisotopic (exact) mass is 253 g/mol. The number of rotatable bonds is 1. The van der Waals surface area contributed by atoms with E-state index in [4.69, 9.17) is 16.6 Å². The summed E-state index contributed by atoms with van der Waals surface area (Å²) in [4.78, 5) is 10.2. The van der Waals surface area contributed by atoms with E-state index in [1.54, 1.807) is 30.3 Å². The topological polar surface area (TPSA) is 115 Å². The molecule has 7 N–H and O–H groups in total. The highest BCUT2D eigenvalue weighted by atomic mass is 16.4. The first-order chi connectivity index (χ1) is 8.59. The van der Waals surface area contributed by atoms with Crippen molar-refractivity contribution in [2.45, 2.75) is 31.3 Å². The molecule has 5 heteroatoms. The number of nitrogens with two attached hydrogens (primary N) is 3. The first-order valence-electron chi connectivity index (χ1n) is 5.97. The molecule has 0 spiro atoms. The molecule has 2 rings (SSSR count). The number of carboxylic acids is 1. The minimum atomic E-state index is -0.879. The van der Waals surface area contributed by atoms with Crippen LogP contribution in [0.1, 0.15) is 29.6 Å². The number of hydrogen-bond donors (Lipinski definition) is 4. The summed E-state index contributed by atoms with van der Waals surface area (Å²) in [6.07, 6.45) is 3.28. The number of carboxylic acid groups (broad SMARTS) is 1. The fraction of sp³-hybridized carbons (Fsp3) is 0.462. The van der Waals surface area contributed by atoms with Crippen molar-refractivity contribution in [3.8, 4) is 0 Å². The van der Waals surface area contributed by atoms with E-state index in [1.165, 1.54) is 7.05 Å². The molecule has 1 fully saturated rings. The third kappa shape index (κ3) is 7.01. The molecule has 0 saturated heterocycles. The molecule has 0 radical (unpaired) electrons. The van der Waals surface area contributed by atoms with Crippen LogP contribution in [-0.4, -0.2) is 30.2 Å². The van der Waals surface area contributed by atoms with Crippen LogP contribution in [-0.2, 0) is 0 Å². The Bertz CT molecular complexity index is 322. The maximum absolute atomic E-state index is 10.2. The maximum Gasteiger partial charge on any atom is 0.335 e. The molecule has 1 aromatic rings. The molecular formula is C13H23N3O2. The highest BCUT2D eigenvalue weighted by Crippen LogP contribution is 2.13. The Kier molecular flexibility index (Phi) is 8.82. The summed E-state index contributed by atoms with van der Waals surface area (Å²) < 4.78 is 0. The van der Waals surface area contributed by atoms with E-state index in [0.717, 1.165) is 19.3 Å². The van der Waals surface area contributed by atoms with Crippen molar-refractivity contribution in [2.24, 2.45) is 17.2 Å². The van der Waals surface area contributed by atoms with Gasteiger partial charge in [-0.1, -0.05) is 18.2 Å². The number of aromatic carboxylic acids is 1. The molecular weight excluding hydrogens is 230 g/mol. The van der Waals surface area contributed by atoms with Gasteiger partial charge in [0, 0.05) is 12.1 Å². The van der Waals surface area contributed by atoms with E-state index in [1.807, 2.05) is 0 Å². The summed E-state index contributed by atoms with van der Waals surface area (Å²) in [6.45, 7) is 0. The van der Waals surface area contributed by atoms with E-state index < -0.39 is 5.97 Å². The highest BCUT2D eigenvalue weighted by Gasteiger charge is 2.16. The van der Waals surface area contributed by atoms with Crippen LogP contribution in [0.25, 0.3) is 0 Å². The van der Waals surface area contributed by atoms with E-state index in [-0.39, 0.29) is 0 Å². The summed E-state index contributed by atoms with van der Waals surface area (Å²) in [5, 5.41) is 8.38. The Labute approximate surface area is 108 Å². The lowest BCUT2D eigenvalue weighted by Crippen LogP contribution is -2.20. The lowest BCUT2D eigenvalue weighted by Gasteiger charge is -1.97. The first kappa shape index (κ1) is 16.6. The Balaban J connectivity index is 0.000000289. The lowest BCUT2D eigenvalue weighted by molar-refractivity contribution is 0.0697. The zero-order valence-corrected chi connectivity index (χ0v) is 10.8. The average Bonchev–Trinajstić information content (AvgIpc) is 2.77. The zero-order chi connectivity index (χ0) is 14.0. The normalized spacial score (nSPS) is 21.1. The summed E-state index contributed by atoms with van der Waals surface area (Å²) in [5.41, 5.74) is 15.9. The van der Waals surface area contributed by atoms with Crippen LogP contribution in [0.4, 0.5) is 0 Å². The molecule has 0 aromatic heterocycles.